The van der Waals surface area contributed by atoms with Crippen molar-refractivity contribution in [3.63, 3.8) is 0 Å². The van der Waals surface area contributed by atoms with Crippen LogP contribution in [0.4, 0.5) is 14.5 Å². The molecule has 0 spiro atoms. The van der Waals surface area contributed by atoms with Gasteiger partial charge in [0.2, 0.25) is 12.4 Å². The predicted molar refractivity (Wildman–Crippen MR) is 200 cm³/mol. The van der Waals surface area contributed by atoms with E-state index in [2.05, 4.69) is 10.2 Å². The van der Waals surface area contributed by atoms with Crippen LogP contribution in [0.5, 0.6) is 17.2 Å². The first-order valence-corrected chi connectivity index (χ1v) is 19.2. The summed E-state index contributed by atoms with van der Waals surface area (Å²) in [5.74, 6) is -1.92. The highest BCUT2D eigenvalue weighted by atomic mass is 35.5. The molecule has 3 atom stereocenters. The van der Waals surface area contributed by atoms with Gasteiger partial charge in [-0.3, -0.25) is 10.1 Å². The van der Waals surface area contributed by atoms with E-state index in [4.69, 9.17) is 42.1 Å². The molecule has 1 saturated carbocycles. The highest BCUT2D eigenvalue weighted by Gasteiger charge is 2.38. The van der Waals surface area contributed by atoms with E-state index in [0.717, 1.165) is 38.8 Å². The van der Waals surface area contributed by atoms with Gasteiger partial charge in [-0.25, -0.2) is 4.79 Å². The first-order chi connectivity index (χ1) is 26.9. The Balaban J connectivity index is 1.30. The fourth-order valence-corrected chi connectivity index (χ4v) is 8.15. The van der Waals surface area contributed by atoms with Gasteiger partial charge in [-0.1, -0.05) is 47.5 Å². The maximum atomic E-state index is 14.1. The molecule has 3 aliphatic heterocycles. The normalized spacial score (nSPS) is 19.9. The summed E-state index contributed by atoms with van der Waals surface area (Å²) >= 11 is 13.2. The van der Waals surface area contributed by atoms with E-state index in [0.29, 0.717) is 39.4 Å². The number of aromatic carboxylic acids is 1. The molecule has 1 aromatic heterocycles. The number of esters is 1. The summed E-state index contributed by atoms with van der Waals surface area (Å²) in [6.45, 7) is -0.233. The van der Waals surface area contributed by atoms with Crippen molar-refractivity contribution in [2.24, 2.45) is 11.8 Å². The van der Waals surface area contributed by atoms with Crippen molar-refractivity contribution in [1.82, 2.24) is 4.90 Å². The minimum absolute atomic E-state index is 0.0136. The van der Waals surface area contributed by atoms with Crippen LogP contribution in [0.25, 0.3) is 0 Å². The summed E-state index contributed by atoms with van der Waals surface area (Å²) in [7, 11) is 1.53. The molecular formula is C41H41Cl2F2N3O8. The molecule has 3 saturated heterocycles. The van der Waals surface area contributed by atoms with Gasteiger partial charge in [0, 0.05) is 34.0 Å². The second-order valence-corrected chi connectivity index (χ2v) is 15.3. The molecular weight excluding hydrogens is 771 g/mol. The number of fused-ring (bicyclic) bond motifs is 3. The minimum Gasteiger partial charge on any atom is -0.545 e. The van der Waals surface area contributed by atoms with E-state index >= 15 is 0 Å². The molecule has 2 bridgehead atoms. The van der Waals surface area contributed by atoms with Crippen molar-refractivity contribution in [3.8, 4) is 17.2 Å². The lowest BCUT2D eigenvalue weighted by Gasteiger charge is -2.44. The number of piperidine rings is 3. The van der Waals surface area contributed by atoms with E-state index < -0.39 is 30.5 Å². The highest BCUT2D eigenvalue weighted by Crippen LogP contribution is 2.41. The average Bonchev–Trinajstić information content (AvgIpc) is 4.01. The number of carboxylic acids is 1. The number of rotatable bonds is 16. The van der Waals surface area contributed by atoms with Gasteiger partial charge in [0.25, 0.3) is 0 Å². The summed E-state index contributed by atoms with van der Waals surface area (Å²) in [5, 5.41) is 26.4. The van der Waals surface area contributed by atoms with Crippen LogP contribution < -0.4 is 29.4 Å². The lowest BCUT2D eigenvalue weighted by molar-refractivity contribution is -0.904. The van der Waals surface area contributed by atoms with Gasteiger partial charge in [-0.05, 0) is 110 Å². The fourth-order valence-electron chi connectivity index (χ4n) is 7.54. The number of aromatic nitrogens is 1. The van der Waals surface area contributed by atoms with Crippen molar-refractivity contribution < 1.29 is 52.4 Å². The lowest BCUT2D eigenvalue weighted by atomic mass is 9.83. The molecule has 1 aliphatic carbocycles. The van der Waals surface area contributed by atoms with Crippen molar-refractivity contribution in [3.05, 3.63) is 111 Å². The average molecular weight is 813 g/mol. The smallest absolute Gasteiger partial charge is 0.387 e. The molecule has 8 rings (SSSR count). The number of methoxy groups -OCH3 is 1. The molecule has 296 valence electrons. The molecule has 1 unspecified atom stereocenters. The number of hydrogen-bond acceptors (Lipinski definition) is 10. The third kappa shape index (κ3) is 9.22. The van der Waals surface area contributed by atoms with E-state index in [1.807, 2.05) is 0 Å². The number of carbonyl (C=O) groups excluding carboxylic acids is 2. The lowest BCUT2D eigenvalue weighted by Crippen LogP contribution is -2.52. The Kier molecular flexibility index (Phi) is 12.0. The molecule has 4 aromatic rings. The van der Waals surface area contributed by atoms with Gasteiger partial charge in [0.15, 0.2) is 17.5 Å². The van der Waals surface area contributed by atoms with Gasteiger partial charge in [-0.2, -0.15) is 8.78 Å². The Hall–Kier alpha value is -4.85. The third-order valence-electron chi connectivity index (χ3n) is 10.7. The van der Waals surface area contributed by atoms with Gasteiger partial charge >= 0.3 is 12.6 Å². The Bertz CT molecular complexity index is 2060. The number of alkyl halides is 2. The van der Waals surface area contributed by atoms with E-state index in [1.54, 1.807) is 30.3 Å². The molecule has 11 nitrogen and oxygen atoms in total. The van der Waals surface area contributed by atoms with Crippen LogP contribution in [-0.2, 0) is 16.0 Å². The van der Waals surface area contributed by atoms with Gasteiger partial charge < -0.3 is 34.2 Å². The van der Waals surface area contributed by atoms with E-state index in [-0.39, 0.29) is 63.6 Å². The van der Waals surface area contributed by atoms with Crippen LogP contribution in [-0.4, -0.2) is 68.1 Å². The molecule has 4 fully saturated rings. The molecule has 0 amide bonds. The van der Waals surface area contributed by atoms with Crippen LogP contribution >= 0.6 is 23.2 Å². The van der Waals surface area contributed by atoms with Crippen molar-refractivity contribution in [2.45, 2.75) is 56.8 Å². The predicted octanol–water partition coefficient (Wildman–Crippen LogP) is 6.45. The first-order valence-electron chi connectivity index (χ1n) is 18.4. The zero-order valence-electron chi connectivity index (χ0n) is 30.5. The van der Waals surface area contributed by atoms with Crippen molar-refractivity contribution in [2.75, 3.05) is 38.7 Å². The SMILES string of the molecule is COc1cccc(C(Nc2ccc(C(=O)[O-])c([C@@H](Cc3c(Cl)c[n+](O)cc3Cl)c3ccc(OC(F)F)c(OCC4CC4)c3)c2)C(=O)O[C@H]2CN3CCC2CC3)c1. The van der Waals surface area contributed by atoms with Gasteiger partial charge in [-0.15, -0.1) is 0 Å². The fraction of sp³-hybridized carbons (Fsp3) is 0.390. The topological polar surface area (TPSA) is 134 Å². The van der Waals surface area contributed by atoms with E-state index in [1.165, 1.54) is 49.8 Å². The highest BCUT2D eigenvalue weighted by molar-refractivity contribution is 6.35. The Morgan fingerprint density at radius 2 is 1.73 bits per heavy atom. The Morgan fingerprint density at radius 1 is 0.982 bits per heavy atom. The number of pyridine rings is 1. The number of anilines is 1. The molecule has 56 heavy (non-hydrogen) atoms. The van der Waals surface area contributed by atoms with E-state index in [9.17, 15) is 28.7 Å². The van der Waals surface area contributed by atoms with Crippen LogP contribution in [0.3, 0.4) is 0 Å². The molecule has 0 radical (unpaired) electrons. The van der Waals surface area contributed by atoms with Crippen LogP contribution in [0, 0.1) is 11.8 Å². The summed E-state index contributed by atoms with van der Waals surface area (Å²) in [5.41, 5.74) is 1.81. The Morgan fingerprint density at radius 3 is 2.38 bits per heavy atom. The number of carboxylic acid groups (broad SMARTS) is 1. The molecule has 2 N–H and O–H groups in total. The maximum absolute atomic E-state index is 14.1. The number of hydrogen-bond donors (Lipinski definition) is 2. The quantitative estimate of drug-likeness (QED) is 0.0740. The number of halogens is 4. The Labute approximate surface area is 332 Å². The molecule has 15 heteroatoms. The summed E-state index contributed by atoms with van der Waals surface area (Å²) < 4.78 is 50.1. The van der Waals surface area contributed by atoms with Crippen LogP contribution in [0.1, 0.15) is 70.3 Å². The molecule has 4 aliphatic rings. The zero-order valence-corrected chi connectivity index (χ0v) is 32.0. The first kappa shape index (κ1) is 39.4. The second-order valence-electron chi connectivity index (χ2n) is 14.5. The van der Waals surface area contributed by atoms with Gasteiger partial charge in [0.05, 0.1) is 19.7 Å². The number of nitrogens with zero attached hydrogens (tertiary/aromatic N) is 2. The number of ether oxygens (including phenoxy) is 4. The third-order valence-corrected chi connectivity index (χ3v) is 11.4. The standard InChI is InChI=1S/C41H41Cl2F2N3O8/c1-53-28-4-2-3-26(15-28)38(40(51)55-37-21-47-13-11-24(37)12-14-47)46-27-8-9-29(39(49)50)31(17-27)30(18-32-33(42)19-48(52)20-34(32)43)25-7-10-35(56-41(44)45)36(16-25)54-22-23-5-6-23/h2-4,7-10,15-17,19-20,23-24,30,37-38,41,46H,5-6,11-14,18,21-22H2,1H3,(H-,49,50,52)/t30-,37-,38?/m0/s1. The number of benzene rings is 3. The monoisotopic (exact) mass is 811 g/mol. The summed E-state index contributed by atoms with van der Waals surface area (Å²) in [4.78, 5) is 29.2. The number of carbonyl (C=O) groups is 2. The van der Waals surface area contributed by atoms with Gasteiger partial charge in [0.1, 0.15) is 21.9 Å². The minimum atomic E-state index is -3.12. The van der Waals surface area contributed by atoms with Crippen molar-refractivity contribution >= 4 is 40.8 Å². The molecule has 4 heterocycles. The van der Waals surface area contributed by atoms with Crippen molar-refractivity contribution in [1.29, 1.82) is 0 Å². The largest absolute Gasteiger partial charge is 0.545 e. The number of nitrogens with one attached hydrogen (secondary N) is 1. The summed E-state index contributed by atoms with van der Waals surface area (Å²) in [6.07, 6.45) is 5.97. The maximum Gasteiger partial charge on any atom is 0.387 e. The zero-order chi connectivity index (χ0) is 39.5. The van der Waals surface area contributed by atoms with Crippen LogP contribution in [0.2, 0.25) is 10.0 Å². The summed E-state index contributed by atoms with van der Waals surface area (Å²) in [6, 6.07) is 14.9. The molecule has 3 aromatic carbocycles. The second kappa shape index (κ2) is 17.1. The van der Waals surface area contributed by atoms with Crippen LogP contribution in [0.15, 0.2) is 73.1 Å².